The Morgan fingerprint density at radius 1 is 1.44 bits per heavy atom. The van der Waals surface area contributed by atoms with E-state index in [0.29, 0.717) is 5.56 Å². The number of nitrogen functional groups attached to an aromatic ring is 1. The van der Waals surface area contributed by atoms with Gasteiger partial charge in [0.1, 0.15) is 17.8 Å². The number of nitrogens with two attached hydrogens (primary N) is 1. The number of aromatic nitrogens is 1. The molecule has 16 heavy (non-hydrogen) atoms. The molecule has 1 heterocycles. The highest BCUT2D eigenvalue weighted by Crippen LogP contribution is 2.09. The first-order chi connectivity index (χ1) is 7.50. The number of carboxylic acids is 2. The van der Waals surface area contributed by atoms with Crippen molar-refractivity contribution in [2.75, 3.05) is 5.73 Å². The van der Waals surface area contributed by atoms with E-state index in [1.165, 1.54) is 12.3 Å². The molecule has 0 aliphatic rings. The van der Waals surface area contributed by atoms with Gasteiger partial charge in [-0.25, -0.2) is 9.78 Å². The molecule has 82 valence electrons. The molecule has 0 unspecified atom stereocenters. The molecule has 0 aliphatic heterocycles. The van der Waals surface area contributed by atoms with Crippen molar-refractivity contribution in [3.8, 4) is 11.8 Å². The molecule has 0 saturated heterocycles. The Morgan fingerprint density at radius 2 is 2.12 bits per heavy atom. The van der Waals surface area contributed by atoms with Crippen molar-refractivity contribution >= 4 is 17.8 Å². The summed E-state index contributed by atoms with van der Waals surface area (Å²) in [6, 6.07) is 1.25. The lowest BCUT2D eigenvalue weighted by Crippen LogP contribution is -2.04. The zero-order valence-corrected chi connectivity index (χ0v) is 8.10. The average molecular weight is 220 g/mol. The molecular formula is C10H8N2O4. The van der Waals surface area contributed by atoms with Gasteiger partial charge in [0.05, 0.1) is 0 Å². The van der Waals surface area contributed by atoms with E-state index in [2.05, 4.69) is 16.8 Å². The number of nitrogens with zero attached hydrogens (tertiary/aromatic N) is 1. The standard InChI is InChI=1S/C10H8N2O4/c11-9-7(10(15)16)4-6(5-12-9)2-1-3-8(13)14/h4-5H,3H2,(H2,11,12)(H,13,14)(H,15,16). The zero-order chi connectivity index (χ0) is 12.1. The molecule has 1 rings (SSSR count). The largest absolute Gasteiger partial charge is 0.481 e. The molecular weight excluding hydrogens is 212 g/mol. The predicted molar refractivity (Wildman–Crippen MR) is 54.7 cm³/mol. The highest BCUT2D eigenvalue weighted by Gasteiger charge is 2.08. The van der Waals surface area contributed by atoms with Crippen molar-refractivity contribution in [2.45, 2.75) is 6.42 Å². The molecule has 0 aromatic carbocycles. The second-order valence-corrected chi connectivity index (χ2v) is 2.83. The fourth-order valence-corrected chi connectivity index (χ4v) is 0.937. The highest BCUT2D eigenvalue weighted by molar-refractivity contribution is 5.92. The second-order valence-electron chi connectivity index (χ2n) is 2.83. The Bertz CT molecular complexity index is 499. The summed E-state index contributed by atoms with van der Waals surface area (Å²) < 4.78 is 0. The van der Waals surface area contributed by atoms with E-state index in [1.807, 2.05) is 0 Å². The number of rotatable bonds is 2. The molecule has 6 nitrogen and oxygen atoms in total. The van der Waals surface area contributed by atoms with E-state index >= 15 is 0 Å². The summed E-state index contributed by atoms with van der Waals surface area (Å²) in [5.41, 5.74) is 5.50. The van der Waals surface area contributed by atoms with Crippen LogP contribution in [0.2, 0.25) is 0 Å². The van der Waals surface area contributed by atoms with Crippen LogP contribution < -0.4 is 5.73 Å². The van der Waals surface area contributed by atoms with Crippen molar-refractivity contribution < 1.29 is 19.8 Å². The van der Waals surface area contributed by atoms with Crippen molar-refractivity contribution in [2.24, 2.45) is 0 Å². The molecule has 0 aliphatic carbocycles. The van der Waals surface area contributed by atoms with Crippen LogP contribution in [0.5, 0.6) is 0 Å². The summed E-state index contributed by atoms with van der Waals surface area (Å²) in [7, 11) is 0. The monoisotopic (exact) mass is 220 g/mol. The van der Waals surface area contributed by atoms with Gasteiger partial charge in [-0.2, -0.15) is 0 Å². The summed E-state index contributed by atoms with van der Waals surface area (Å²) in [6.45, 7) is 0. The number of hydrogen-bond donors (Lipinski definition) is 3. The average Bonchev–Trinajstić information content (AvgIpc) is 2.19. The van der Waals surface area contributed by atoms with Crippen LogP contribution in [0.4, 0.5) is 5.82 Å². The molecule has 0 radical (unpaired) electrons. The maximum absolute atomic E-state index is 10.7. The Labute approximate surface area is 90.7 Å². The summed E-state index contributed by atoms with van der Waals surface area (Å²) in [6.07, 6.45) is 0.976. The third-order valence-corrected chi connectivity index (χ3v) is 1.62. The molecule has 6 heteroatoms. The van der Waals surface area contributed by atoms with Crippen molar-refractivity contribution in [3.63, 3.8) is 0 Å². The van der Waals surface area contributed by atoms with Crippen LogP contribution in [-0.4, -0.2) is 27.1 Å². The molecule has 0 atom stereocenters. The number of aliphatic carboxylic acids is 1. The lowest BCUT2D eigenvalue weighted by molar-refractivity contribution is -0.135. The van der Waals surface area contributed by atoms with Gasteiger partial charge < -0.3 is 15.9 Å². The summed E-state index contributed by atoms with van der Waals surface area (Å²) in [5, 5.41) is 17.1. The zero-order valence-electron chi connectivity index (χ0n) is 8.10. The predicted octanol–water partition coefficient (Wildman–Crippen LogP) is 0.188. The van der Waals surface area contributed by atoms with Crippen molar-refractivity contribution in [3.05, 3.63) is 23.4 Å². The van der Waals surface area contributed by atoms with Crippen LogP contribution >= 0.6 is 0 Å². The van der Waals surface area contributed by atoms with Crippen LogP contribution in [0, 0.1) is 11.8 Å². The van der Waals surface area contributed by atoms with E-state index in [1.54, 1.807) is 0 Å². The fraction of sp³-hybridized carbons (Fsp3) is 0.100. The smallest absolute Gasteiger partial charge is 0.339 e. The molecule has 0 bridgehead atoms. The van der Waals surface area contributed by atoms with Gasteiger partial charge >= 0.3 is 11.9 Å². The van der Waals surface area contributed by atoms with Crippen LogP contribution in [0.1, 0.15) is 22.3 Å². The van der Waals surface area contributed by atoms with Gasteiger partial charge in [0, 0.05) is 11.8 Å². The number of aromatic carboxylic acids is 1. The lowest BCUT2D eigenvalue weighted by Gasteiger charge is -1.98. The number of pyridine rings is 1. The normalized spacial score (nSPS) is 9.00. The van der Waals surface area contributed by atoms with Crippen molar-refractivity contribution in [1.82, 2.24) is 4.98 Å². The minimum absolute atomic E-state index is 0.101. The fourth-order valence-electron chi connectivity index (χ4n) is 0.937. The molecule has 0 spiro atoms. The van der Waals surface area contributed by atoms with Gasteiger partial charge in [-0.15, -0.1) is 0 Å². The summed E-state index contributed by atoms with van der Waals surface area (Å²) in [4.78, 5) is 24.5. The Hall–Kier alpha value is -2.55. The second kappa shape index (κ2) is 4.79. The topological polar surface area (TPSA) is 114 Å². The van der Waals surface area contributed by atoms with Crippen LogP contribution in [0.3, 0.4) is 0 Å². The number of carbonyl (C=O) groups is 2. The lowest BCUT2D eigenvalue weighted by atomic mass is 10.2. The first-order valence-electron chi connectivity index (χ1n) is 4.20. The SMILES string of the molecule is Nc1ncc(C#CCC(=O)O)cc1C(=O)O. The molecule has 4 N–H and O–H groups in total. The highest BCUT2D eigenvalue weighted by atomic mass is 16.4. The maximum Gasteiger partial charge on any atom is 0.339 e. The molecule has 0 fully saturated rings. The van der Waals surface area contributed by atoms with Gasteiger partial charge in [0.2, 0.25) is 0 Å². The van der Waals surface area contributed by atoms with E-state index in [-0.39, 0.29) is 17.8 Å². The third kappa shape index (κ3) is 2.99. The van der Waals surface area contributed by atoms with E-state index in [9.17, 15) is 9.59 Å². The van der Waals surface area contributed by atoms with Gasteiger partial charge in [0.25, 0.3) is 0 Å². The first-order valence-corrected chi connectivity index (χ1v) is 4.20. The van der Waals surface area contributed by atoms with E-state index < -0.39 is 11.9 Å². The van der Waals surface area contributed by atoms with Gasteiger partial charge in [-0.3, -0.25) is 4.79 Å². The Morgan fingerprint density at radius 3 is 2.69 bits per heavy atom. The van der Waals surface area contributed by atoms with Gasteiger partial charge in [-0.1, -0.05) is 11.8 Å². The van der Waals surface area contributed by atoms with Crippen LogP contribution in [-0.2, 0) is 4.79 Å². The minimum Gasteiger partial charge on any atom is -0.481 e. The minimum atomic E-state index is -1.20. The Balaban J connectivity index is 2.98. The Kier molecular flexibility index (Phi) is 3.45. The molecule has 0 saturated carbocycles. The number of carboxylic acid groups (broad SMARTS) is 2. The van der Waals surface area contributed by atoms with Gasteiger partial charge in [0.15, 0.2) is 0 Å². The van der Waals surface area contributed by atoms with Gasteiger partial charge in [-0.05, 0) is 6.07 Å². The molecule has 1 aromatic rings. The van der Waals surface area contributed by atoms with Crippen molar-refractivity contribution in [1.29, 1.82) is 0 Å². The number of hydrogen-bond acceptors (Lipinski definition) is 4. The molecule has 1 aromatic heterocycles. The van der Waals surface area contributed by atoms with Crippen LogP contribution in [0.25, 0.3) is 0 Å². The maximum atomic E-state index is 10.7. The summed E-state index contributed by atoms with van der Waals surface area (Å²) >= 11 is 0. The summed E-state index contributed by atoms with van der Waals surface area (Å²) in [5.74, 6) is 2.50. The third-order valence-electron chi connectivity index (χ3n) is 1.62. The van der Waals surface area contributed by atoms with E-state index in [0.717, 1.165) is 0 Å². The van der Waals surface area contributed by atoms with E-state index in [4.69, 9.17) is 15.9 Å². The quantitative estimate of drug-likeness (QED) is 0.613. The van der Waals surface area contributed by atoms with Crippen LogP contribution in [0.15, 0.2) is 12.3 Å². The number of anilines is 1. The first kappa shape index (κ1) is 11.5. The molecule has 0 amide bonds.